The van der Waals surface area contributed by atoms with Gasteiger partial charge in [-0.15, -0.1) is 0 Å². The van der Waals surface area contributed by atoms with Gasteiger partial charge in [0.1, 0.15) is 5.69 Å². The fourth-order valence-electron chi connectivity index (χ4n) is 2.17. The number of rotatable bonds is 3. The summed E-state index contributed by atoms with van der Waals surface area (Å²) in [6, 6.07) is 12.0. The minimum atomic E-state index is -0.106. The van der Waals surface area contributed by atoms with Gasteiger partial charge in [-0.3, -0.25) is 4.79 Å². The van der Waals surface area contributed by atoms with E-state index in [4.69, 9.17) is 5.73 Å². The van der Waals surface area contributed by atoms with Crippen LogP contribution in [0.15, 0.2) is 47.4 Å². The molecule has 0 aliphatic rings. The lowest BCUT2D eigenvalue weighted by Crippen LogP contribution is -2.27. The van der Waals surface area contributed by atoms with Crippen molar-refractivity contribution >= 4 is 5.69 Å². The summed E-state index contributed by atoms with van der Waals surface area (Å²) in [5, 5.41) is 0. The SMILES string of the molecule is CCC(c1ccccc1)n1ccc(C)c(N)c1=O. The largest absolute Gasteiger partial charge is 0.394 e. The highest BCUT2D eigenvalue weighted by atomic mass is 16.1. The lowest BCUT2D eigenvalue weighted by atomic mass is 10.0. The van der Waals surface area contributed by atoms with Crippen molar-refractivity contribution in [2.24, 2.45) is 0 Å². The van der Waals surface area contributed by atoms with Gasteiger partial charge in [-0.1, -0.05) is 37.3 Å². The van der Waals surface area contributed by atoms with E-state index in [-0.39, 0.29) is 11.6 Å². The smallest absolute Gasteiger partial charge is 0.274 e. The molecule has 3 nitrogen and oxygen atoms in total. The average molecular weight is 242 g/mol. The van der Waals surface area contributed by atoms with Gasteiger partial charge in [-0.25, -0.2) is 0 Å². The van der Waals surface area contributed by atoms with Gasteiger partial charge in [-0.2, -0.15) is 0 Å². The monoisotopic (exact) mass is 242 g/mol. The Hall–Kier alpha value is -2.03. The van der Waals surface area contributed by atoms with Crippen LogP contribution in [0, 0.1) is 6.92 Å². The first-order chi connectivity index (χ1) is 8.65. The van der Waals surface area contributed by atoms with Crippen LogP contribution in [0.3, 0.4) is 0 Å². The van der Waals surface area contributed by atoms with Crippen LogP contribution in [0.25, 0.3) is 0 Å². The number of anilines is 1. The molecular weight excluding hydrogens is 224 g/mol. The average Bonchev–Trinajstić information content (AvgIpc) is 2.41. The highest BCUT2D eigenvalue weighted by Crippen LogP contribution is 2.20. The van der Waals surface area contributed by atoms with Crippen LogP contribution < -0.4 is 11.3 Å². The molecular formula is C15H18N2O. The molecule has 0 saturated carbocycles. The van der Waals surface area contributed by atoms with Crippen LogP contribution in [0.4, 0.5) is 5.69 Å². The molecule has 1 unspecified atom stereocenters. The second-order valence-electron chi connectivity index (χ2n) is 4.46. The topological polar surface area (TPSA) is 48.0 Å². The van der Waals surface area contributed by atoms with Gasteiger partial charge in [-0.05, 0) is 30.5 Å². The minimum Gasteiger partial charge on any atom is -0.394 e. The first kappa shape index (κ1) is 12.4. The molecule has 0 spiro atoms. The summed E-state index contributed by atoms with van der Waals surface area (Å²) in [7, 11) is 0. The molecule has 2 aromatic rings. The van der Waals surface area contributed by atoms with Gasteiger partial charge in [0.05, 0.1) is 6.04 Å². The summed E-state index contributed by atoms with van der Waals surface area (Å²) >= 11 is 0. The van der Waals surface area contributed by atoms with Crippen LogP contribution in [-0.2, 0) is 0 Å². The number of aromatic nitrogens is 1. The maximum Gasteiger partial charge on any atom is 0.274 e. The number of nitrogens with zero attached hydrogens (tertiary/aromatic N) is 1. The molecule has 0 fully saturated rings. The second-order valence-corrected chi connectivity index (χ2v) is 4.46. The van der Waals surface area contributed by atoms with Gasteiger partial charge >= 0.3 is 0 Å². The van der Waals surface area contributed by atoms with Crippen molar-refractivity contribution in [2.75, 3.05) is 5.73 Å². The zero-order chi connectivity index (χ0) is 13.1. The Bertz CT molecular complexity index is 587. The lowest BCUT2D eigenvalue weighted by molar-refractivity contribution is 0.549. The molecule has 18 heavy (non-hydrogen) atoms. The summed E-state index contributed by atoms with van der Waals surface area (Å²) in [6.07, 6.45) is 2.68. The Morgan fingerprint density at radius 3 is 2.50 bits per heavy atom. The van der Waals surface area contributed by atoms with Gasteiger partial charge in [0.2, 0.25) is 0 Å². The third-order valence-corrected chi connectivity index (χ3v) is 3.28. The lowest BCUT2D eigenvalue weighted by Gasteiger charge is -2.19. The van der Waals surface area contributed by atoms with E-state index >= 15 is 0 Å². The summed E-state index contributed by atoms with van der Waals surface area (Å²) in [5.41, 5.74) is 8.02. The number of pyridine rings is 1. The summed E-state index contributed by atoms with van der Waals surface area (Å²) in [5.74, 6) is 0. The van der Waals surface area contributed by atoms with Crippen LogP contribution >= 0.6 is 0 Å². The van der Waals surface area contributed by atoms with Crippen molar-refractivity contribution in [3.8, 4) is 0 Å². The van der Waals surface area contributed by atoms with E-state index in [1.807, 2.05) is 49.5 Å². The maximum absolute atomic E-state index is 12.2. The van der Waals surface area contributed by atoms with E-state index in [2.05, 4.69) is 6.92 Å². The maximum atomic E-state index is 12.2. The molecule has 1 heterocycles. The number of benzene rings is 1. The van der Waals surface area contributed by atoms with Crippen molar-refractivity contribution < 1.29 is 0 Å². The van der Waals surface area contributed by atoms with Crippen molar-refractivity contribution in [1.29, 1.82) is 0 Å². The number of hydrogen-bond donors (Lipinski definition) is 1. The van der Waals surface area contributed by atoms with Crippen LogP contribution in [-0.4, -0.2) is 4.57 Å². The van der Waals surface area contributed by atoms with E-state index in [1.54, 1.807) is 4.57 Å². The number of nitrogen functional groups attached to an aromatic ring is 1. The quantitative estimate of drug-likeness (QED) is 0.899. The standard InChI is InChI=1S/C15H18N2O/c1-3-13(12-7-5-4-6-8-12)17-10-9-11(2)14(16)15(17)18/h4-10,13H,3,16H2,1-2H3. The molecule has 94 valence electrons. The zero-order valence-corrected chi connectivity index (χ0v) is 10.8. The molecule has 0 aliphatic carbocycles. The van der Waals surface area contributed by atoms with Gasteiger partial charge in [0.15, 0.2) is 0 Å². The fraction of sp³-hybridized carbons (Fsp3) is 0.267. The number of aryl methyl sites for hydroxylation is 1. The Kier molecular flexibility index (Phi) is 3.51. The molecule has 0 bridgehead atoms. The first-order valence-corrected chi connectivity index (χ1v) is 6.17. The molecule has 3 heteroatoms. The number of nitrogens with two attached hydrogens (primary N) is 1. The second kappa shape index (κ2) is 5.08. The van der Waals surface area contributed by atoms with Crippen molar-refractivity contribution in [3.05, 3.63) is 64.1 Å². The van der Waals surface area contributed by atoms with E-state index in [0.717, 1.165) is 17.5 Å². The zero-order valence-electron chi connectivity index (χ0n) is 10.8. The van der Waals surface area contributed by atoms with Crippen molar-refractivity contribution in [1.82, 2.24) is 4.57 Å². The summed E-state index contributed by atoms with van der Waals surface area (Å²) in [6.45, 7) is 3.92. The fourth-order valence-corrected chi connectivity index (χ4v) is 2.17. The molecule has 1 aromatic heterocycles. The Balaban J connectivity index is 2.53. The van der Waals surface area contributed by atoms with Crippen molar-refractivity contribution in [2.45, 2.75) is 26.3 Å². The summed E-state index contributed by atoms with van der Waals surface area (Å²) < 4.78 is 1.72. The molecule has 2 N–H and O–H groups in total. The first-order valence-electron chi connectivity index (χ1n) is 6.17. The van der Waals surface area contributed by atoms with Crippen LogP contribution in [0.1, 0.15) is 30.5 Å². The van der Waals surface area contributed by atoms with E-state index in [9.17, 15) is 4.79 Å². The highest BCUT2D eigenvalue weighted by molar-refractivity contribution is 5.43. The molecule has 0 amide bonds. The molecule has 2 rings (SSSR count). The van der Waals surface area contributed by atoms with E-state index in [0.29, 0.717) is 5.69 Å². The highest BCUT2D eigenvalue weighted by Gasteiger charge is 2.14. The van der Waals surface area contributed by atoms with Gasteiger partial charge in [0, 0.05) is 6.20 Å². The Morgan fingerprint density at radius 2 is 1.89 bits per heavy atom. The molecule has 1 aromatic carbocycles. The minimum absolute atomic E-state index is 0.0431. The Labute approximate surface area is 107 Å². The van der Waals surface area contributed by atoms with Crippen molar-refractivity contribution in [3.63, 3.8) is 0 Å². The normalized spacial score (nSPS) is 12.3. The van der Waals surface area contributed by atoms with E-state index < -0.39 is 0 Å². The number of hydrogen-bond acceptors (Lipinski definition) is 2. The molecule has 0 aliphatic heterocycles. The molecule has 1 atom stereocenters. The van der Waals surface area contributed by atoms with Crippen LogP contribution in [0.5, 0.6) is 0 Å². The summed E-state index contributed by atoms with van der Waals surface area (Å²) in [4.78, 5) is 12.2. The molecule has 0 saturated heterocycles. The molecule has 0 radical (unpaired) electrons. The predicted molar refractivity (Wildman–Crippen MR) is 74.7 cm³/mol. The third kappa shape index (κ3) is 2.16. The van der Waals surface area contributed by atoms with E-state index in [1.165, 1.54) is 0 Å². The predicted octanol–water partition coefficient (Wildman–Crippen LogP) is 2.74. The van der Waals surface area contributed by atoms with Gasteiger partial charge < -0.3 is 10.3 Å². The third-order valence-electron chi connectivity index (χ3n) is 3.28. The Morgan fingerprint density at radius 1 is 1.22 bits per heavy atom. The van der Waals surface area contributed by atoms with Gasteiger partial charge in [0.25, 0.3) is 5.56 Å². The van der Waals surface area contributed by atoms with Crippen LogP contribution in [0.2, 0.25) is 0 Å².